The van der Waals surface area contributed by atoms with Crippen molar-refractivity contribution in [3.63, 3.8) is 0 Å². The standard InChI is InChI=1S/C13H15N3O2/c1-10(4-5-13(17)18)16-8-12(15-9-16)11-3-2-6-14-7-11/h2-3,6-10H,4-5H2,1H3,(H,17,18). The number of imidazole rings is 1. The number of carboxylic acids is 1. The van der Waals surface area contributed by atoms with E-state index < -0.39 is 5.97 Å². The van der Waals surface area contributed by atoms with Gasteiger partial charge in [0.05, 0.1) is 12.0 Å². The molecule has 94 valence electrons. The van der Waals surface area contributed by atoms with E-state index >= 15 is 0 Å². The molecule has 1 unspecified atom stereocenters. The lowest BCUT2D eigenvalue weighted by molar-refractivity contribution is -0.137. The summed E-state index contributed by atoms with van der Waals surface area (Å²) in [7, 11) is 0. The van der Waals surface area contributed by atoms with Gasteiger partial charge in [0.2, 0.25) is 0 Å². The number of aromatic nitrogens is 3. The summed E-state index contributed by atoms with van der Waals surface area (Å²) < 4.78 is 1.94. The van der Waals surface area contributed by atoms with Crippen molar-refractivity contribution in [1.82, 2.24) is 14.5 Å². The van der Waals surface area contributed by atoms with Gasteiger partial charge in [0.1, 0.15) is 0 Å². The zero-order valence-electron chi connectivity index (χ0n) is 10.2. The summed E-state index contributed by atoms with van der Waals surface area (Å²) in [6, 6.07) is 3.93. The van der Waals surface area contributed by atoms with Gasteiger partial charge in [-0.2, -0.15) is 0 Å². The topological polar surface area (TPSA) is 68.0 Å². The lowest BCUT2D eigenvalue weighted by atomic mass is 10.2. The third kappa shape index (κ3) is 2.94. The van der Waals surface area contributed by atoms with Gasteiger partial charge in [0.15, 0.2) is 0 Å². The van der Waals surface area contributed by atoms with E-state index in [0.29, 0.717) is 6.42 Å². The maximum absolute atomic E-state index is 10.5. The molecule has 18 heavy (non-hydrogen) atoms. The van der Waals surface area contributed by atoms with Gasteiger partial charge < -0.3 is 9.67 Å². The molecule has 2 rings (SSSR count). The van der Waals surface area contributed by atoms with Crippen LogP contribution >= 0.6 is 0 Å². The van der Waals surface area contributed by atoms with E-state index in [2.05, 4.69) is 9.97 Å². The number of rotatable bonds is 5. The minimum atomic E-state index is -0.769. The van der Waals surface area contributed by atoms with E-state index in [9.17, 15) is 4.79 Å². The van der Waals surface area contributed by atoms with Crippen LogP contribution in [0.2, 0.25) is 0 Å². The second kappa shape index (κ2) is 5.44. The SMILES string of the molecule is CC(CCC(=O)O)n1cnc(-c2cccnc2)c1. The number of carboxylic acid groups (broad SMARTS) is 1. The van der Waals surface area contributed by atoms with Gasteiger partial charge in [-0.1, -0.05) is 0 Å². The van der Waals surface area contributed by atoms with Gasteiger partial charge in [0, 0.05) is 36.6 Å². The Kier molecular flexibility index (Phi) is 3.72. The van der Waals surface area contributed by atoms with Crippen LogP contribution in [-0.4, -0.2) is 25.6 Å². The fourth-order valence-corrected chi connectivity index (χ4v) is 1.72. The lowest BCUT2D eigenvalue weighted by Crippen LogP contribution is -2.05. The van der Waals surface area contributed by atoms with Gasteiger partial charge in [-0.15, -0.1) is 0 Å². The van der Waals surface area contributed by atoms with Gasteiger partial charge >= 0.3 is 5.97 Å². The van der Waals surface area contributed by atoms with Crippen LogP contribution in [0.3, 0.4) is 0 Å². The molecule has 5 heteroatoms. The van der Waals surface area contributed by atoms with Gasteiger partial charge in [0.25, 0.3) is 0 Å². The molecule has 2 aromatic rings. The molecule has 5 nitrogen and oxygen atoms in total. The van der Waals surface area contributed by atoms with E-state index in [1.54, 1.807) is 18.7 Å². The van der Waals surface area contributed by atoms with E-state index in [1.807, 2.05) is 29.8 Å². The Morgan fingerprint density at radius 1 is 1.56 bits per heavy atom. The number of carbonyl (C=O) groups is 1. The smallest absolute Gasteiger partial charge is 0.303 e. The Bertz CT molecular complexity index is 522. The summed E-state index contributed by atoms with van der Waals surface area (Å²) in [5.41, 5.74) is 1.81. The highest BCUT2D eigenvalue weighted by Crippen LogP contribution is 2.19. The van der Waals surface area contributed by atoms with Crippen molar-refractivity contribution in [2.24, 2.45) is 0 Å². The molecule has 1 N–H and O–H groups in total. The van der Waals surface area contributed by atoms with E-state index in [-0.39, 0.29) is 12.5 Å². The second-order valence-electron chi connectivity index (χ2n) is 4.23. The molecule has 0 fully saturated rings. The van der Waals surface area contributed by atoms with Crippen LogP contribution in [0.1, 0.15) is 25.8 Å². The Morgan fingerprint density at radius 3 is 3.06 bits per heavy atom. The van der Waals surface area contributed by atoms with Crippen LogP contribution in [0.15, 0.2) is 37.1 Å². The molecular weight excluding hydrogens is 230 g/mol. The fraction of sp³-hybridized carbons (Fsp3) is 0.308. The predicted octanol–water partition coefficient (Wildman–Crippen LogP) is 2.37. The zero-order chi connectivity index (χ0) is 13.0. The normalized spacial score (nSPS) is 12.3. The molecule has 0 spiro atoms. The minimum absolute atomic E-state index is 0.124. The average molecular weight is 245 g/mol. The summed E-state index contributed by atoms with van der Waals surface area (Å²) in [6.45, 7) is 1.98. The average Bonchev–Trinajstić information content (AvgIpc) is 2.86. The Morgan fingerprint density at radius 2 is 2.39 bits per heavy atom. The van der Waals surface area contributed by atoms with Gasteiger partial charge in [-0.25, -0.2) is 4.98 Å². The first-order valence-corrected chi connectivity index (χ1v) is 5.82. The molecule has 2 heterocycles. The van der Waals surface area contributed by atoms with E-state index in [0.717, 1.165) is 11.3 Å². The minimum Gasteiger partial charge on any atom is -0.481 e. The van der Waals surface area contributed by atoms with Crippen LogP contribution in [-0.2, 0) is 4.79 Å². The quantitative estimate of drug-likeness (QED) is 0.878. The van der Waals surface area contributed by atoms with Crippen molar-refractivity contribution in [2.45, 2.75) is 25.8 Å². The summed E-state index contributed by atoms with van der Waals surface area (Å²) in [5, 5.41) is 8.66. The first kappa shape index (κ1) is 12.3. The highest BCUT2D eigenvalue weighted by atomic mass is 16.4. The summed E-state index contributed by atoms with van der Waals surface area (Å²) >= 11 is 0. The van der Waals surface area contributed by atoms with Crippen molar-refractivity contribution >= 4 is 5.97 Å². The molecule has 0 aromatic carbocycles. The van der Waals surface area contributed by atoms with E-state index in [4.69, 9.17) is 5.11 Å². The third-order valence-electron chi connectivity index (χ3n) is 2.84. The lowest BCUT2D eigenvalue weighted by Gasteiger charge is -2.10. The number of aliphatic carboxylic acids is 1. The number of hydrogen-bond donors (Lipinski definition) is 1. The summed E-state index contributed by atoms with van der Waals surface area (Å²) in [5.74, 6) is -0.769. The molecule has 0 aliphatic heterocycles. The molecule has 0 aliphatic carbocycles. The first-order chi connectivity index (χ1) is 8.66. The number of nitrogens with zero attached hydrogens (tertiary/aromatic N) is 3. The maximum Gasteiger partial charge on any atom is 0.303 e. The fourth-order valence-electron chi connectivity index (χ4n) is 1.72. The molecule has 1 atom stereocenters. The highest BCUT2D eigenvalue weighted by Gasteiger charge is 2.09. The van der Waals surface area contributed by atoms with Crippen molar-refractivity contribution in [3.05, 3.63) is 37.1 Å². The maximum atomic E-state index is 10.5. The molecule has 0 saturated carbocycles. The van der Waals surface area contributed by atoms with Gasteiger partial charge in [-0.3, -0.25) is 9.78 Å². The molecule has 0 radical (unpaired) electrons. The predicted molar refractivity (Wildman–Crippen MR) is 67.0 cm³/mol. The number of hydrogen-bond acceptors (Lipinski definition) is 3. The van der Waals surface area contributed by atoms with Crippen LogP contribution < -0.4 is 0 Å². The Balaban J connectivity index is 2.08. The largest absolute Gasteiger partial charge is 0.481 e. The van der Waals surface area contributed by atoms with Crippen LogP contribution in [0.4, 0.5) is 0 Å². The highest BCUT2D eigenvalue weighted by molar-refractivity contribution is 5.66. The molecule has 2 aromatic heterocycles. The first-order valence-electron chi connectivity index (χ1n) is 5.82. The van der Waals surface area contributed by atoms with Crippen molar-refractivity contribution in [2.75, 3.05) is 0 Å². The van der Waals surface area contributed by atoms with Crippen LogP contribution in [0.5, 0.6) is 0 Å². The second-order valence-corrected chi connectivity index (χ2v) is 4.23. The van der Waals surface area contributed by atoms with Crippen LogP contribution in [0.25, 0.3) is 11.3 Å². The monoisotopic (exact) mass is 245 g/mol. The van der Waals surface area contributed by atoms with Crippen LogP contribution in [0, 0.1) is 0 Å². The van der Waals surface area contributed by atoms with Gasteiger partial charge in [-0.05, 0) is 25.5 Å². The summed E-state index contributed by atoms with van der Waals surface area (Å²) in [4.78, 5) is 18.9. The zero-order valence-corrected chi connectivity index (χ0v) is 10.2. The van der Waals surface area contributed by atoms with Crippen molar-refractivity contribution in [3.8, 4) is 11.3 Å². The number of pyridine rings is 1. The molecule has 0 aliphatic rings. The Labute approximate surface area is 105 Å². The third-order valence-corrected chi connectivity index (χ3v) is 2.84. The Hall–Kier alpha value is -2.17. The molecule has 0 saturated heterocycles. The van der Waals surface area contributed by atoms with E-state index in [1.165, 1.54) is 0 Å². The molecule has 0 bridgehead atoms. The van der Waals surface area contributed by atoms with Crippen molar-refractivity contribution in [1.29, 1.82) is 0 Å². The summed E-state index contributed by atoms with van der Waals surface area (Å²) in [6.07, 6.45) is 7.89. The molecular formula is C13H15N3O2. The molecule has 0 amide bonds. The van der Waals surface area contributed by atoms with Crippen molar-refractivity contribution < 1.29 is 9.90 Å².